The van der Waals surface area contributed by atoms with Crippen molar-refractivity contribution in [2.45, 2.75) is 22.6 Å². The van der Waals surface area contributed by atoms with Crippen molar-refractivity contribution in [1.29, 1.82) is 0 Å². The van der Waals surface area contributed by atoms with Crippen molar-refractivity contribution >= 4 is 46.3 Å². The Morgan fingerprint density at radius 2 is 1.80 bits per heavy atom. The molecule has 7 atom stereocenters. The third-order valence-corrected chi connectivity index (χ3v) is 10.7. The van der Waals surface area contributed by atoms with Crippen molar-refractivity contribution in [3.63, 3.8) is 0 Å². The van der Waals surface area contributed by atoms with E-state index < -0.39 is 16.8 Å². The predicted molar refractivity (Wildman–Crippen MR) is 128 cm³/mol. The van der Waals surface area contributed by atoms with Gasteiger partial charge in [0.15, 0.2) is 0 Å². The Morgan fingerprint density at radius 3 is 2.49 bits per heavy atom. The lowest BCUT2D eigenvalue weighted by atomic mass is 9.68. The van der Waals surface area contributed by atoms with Gasteiger partial charge in [-0.3, -0.25) is 34.4 Å². The zero-order chi connectivity index (χ0) is 24.0. The van der Waals surface area contributed by atoms with Crippen LogP contribution >= 0.6 is 23.1 Å². The number of thiazole rings is 1. The molecule has 1 aromatic carbocycles. The molecule has 9 nitrogen and oxygen atoms in total. The Bertz CT molecular complexity index is 1450. The number of aromatic amines is 1. The Hall–Kier alpha value is -3.31. The highest BCUT2D eigenvalue weighted by molar-refractivity contribution is 8.00. The minimum absolute atomic E-state index is 0.0116. The van der Waals surface area contributed by atoms with E-state index in [1.807, 2.05) is 18.3 Å². The third-order valence-electron chi connectivity index (χ3n) is 8.09. The Labute approximate surface area is 206 Å². The molecule has 2 amide bonds. The number of fused-ring (bicyclic) bond motifs is 9. The first-order chi connectivity index (χ1) is 16.9. The minimum atomic E-state index is -0.504. The topological polar surface area (TPSA) is 126 Å². The molecule has 2 bridgehead atoms. The zero-order valence-electron chi connectivity index (χ0n) is 18.1. The number of anilines is 1. The van der Waals surface area contributed by atoms with E-state index in [-0.39, 0.29) is 51.3 Å². The lowest BCUT2D eigenvalue weighted by Gasteiger charge is -2.42. The molecule has 3 fully saturated rings. The third kappa shape index (κ3) is 2.82. The average molecular weight is 507 g/mol. The molecule has 2 saturated carbocycles. The molecule has 3 aromatic rings. The second kappa shape index (κ2) is 7.34. The molecule has 35 heavy (non-hydrogen) atoms. The van der Waals surface area contributed by atoms with E-state index >= 15 is 0 Å². The molecule has 4 heterocycles. The second-order valence-electron chi connectivity index (χ2n) is 9.53. The van der Waals surface area contributed by atoms with Crippen molar-refractivity contribution in [3.05, 3.63) is 79.0 Å². The number of nitrogens with zero attached hydrogens (tertiary/aromatic N) is 3. The lowest BCUT2D eigenvalue weighted by Crippen LogP contribution is -2.42. The summed E-state index contributed by atoms with van der Waals surface area (Å²) >= 11 is 2.86. The summed E-state index contributed by atoms with van der Waals surface area (Å²) in [5, 5.41) is 12.0. The standard InChI is InChI=1S/C24H18N4O5S2/c29-22-17-13-8-14(18(17)23(30)27(22)11-3-5-12(6-4-11)28(32)33)19-16(13)15(10-2-1-7-25-9-10)20-21(34-19)26-24(31)35-20/h1-7,9,13-19H,8H2,(H,26,31)/t13-,14-,15?,16?,17?,18?,19?/m1/s1. The lowest BCUT2D eigenvalue weighted by molar-refractivity contribution is -0.384. The summed E-state index contributed by atoms with van der Waals surface area (Å²) in [5.41, 5.74) is 1.31. The summed E-state index contributed by atoms with van der Waals surface area (Å²) in [6.07, 6.45) is 4.36. The summed E-state index contributed by atoms with van der Waals surface area (Å²) in [6.45, 7) is 0. The van der Waals surface area contributed by atoms with Crippen molar-refractivity contribution in [2.24, 2.45) is 29.6 Å². The molecule has 5 unspecified atom stereocenters. The average Bonchev–Trinajstić information content (AvgIpc) is 3.58. The van der Waals surface area contributed by atoms with Crippen LogP contribution in [0.5, 0.6) is 0 Å². The van der Waals surface area contributed by atoms with Crippen molar-refractivity contribution < 1.29 is 14.5 Å². The van der Waals surface area contributed by atoms with Crippen LogP contribution in [0.15, 0.2) is 58.6 Å². The molecule has 1 saturated heterocycles. The van der Waals surface area contributed by atoms with Gasteiger partial charge in [0.25, 0.3) is 5.69 Å². The highest BCUT2D eigenvalue weighted by Crippen LogP contribution is 2.68. The van der Waals surface area contributed by atoms with Gasteiger partial charge in [0.2, 0.25) is 11.8 Å². The van der Waals surface area contributed by atoms with Crippen LogP contribution in [-0.4, -0.2) is 32.0 Å². The molecule has 11 heteroatoms. The SMILES string of the molecule is O=C1C2C(C(=O)N1c1ccc([N+](=O)[O-])cc1)[C@@H]1C[C@H]2C2Sc3[nH]c(=O)sc3C(c3cccnc3)C21. The van der Waals surface area contributed by atoms with E-state index in [0.29, 0.717) is 5.69 Å². The number of H-pyrrole nitrogens is 1. The van der Waals surface area contributed by atoms with Crippen LogP contribution in [0.3, 0.4) is 0 Å². The highest BCUT2D eigenvalue weighted by atomic mass is 32.2. The number of benzene rings is 1. The molecule has 0 spiro atoms. The molecule has 0 radical (unpaired) electrons. The summed E-state index contributed by atoms with van der Waals surface area (Å²) < 4.78 is 0. The zero-order valence-corrected chi connectivity index (χ0v) is 19.7. The number of carbonyl (C=O) groups excluding carboxylic acids is 2. The summed E-state index contributed by atoms with van der Waals surface area (Å²) in [6, 6.07) is 9.49. The van der Waals surface area contributed by atoms with Gasteiger partial charge in [0.1, 0.15) is 0 Å². The number of hydrogen-bond donors (Lipinski definition) is 1. The number of nitro benzene ring substituents is 1. The van der Waals surface area contributed by atoms with Gasteiger partial charge in [-0.15, -0.1) is 11.8 Å². The normalized spacial score (nSPS) is 32.5. The monoisotopic (exact) mass is 506 g/mol. The summed E-state index contributed by atoms with van der Waals surface area (Å²) in [5.74, 6) is -1.17. The Balaban J connectivity index is 1.29. The Morgan fingerprint density at radius 1 is 1.06 bits per heavy atom. The number of amides is 2. The number of carbonyl (C=O) groups is 2. The van der Waals surface area contributed by atoms with E-state index in [2.05, 4.69) is 9.97 Å². The number of rotatable bonds is 3. The number of hydrogen-bond acceptors (Lipinski definition) is 8. The number of aromatic nitrogens is 2. The maximum absolute atomic E-state index is 13.7. The molecule has 1 N–H and O–H groups in total. The number of non-ortho nitro benzene ring substituents is 1. The molecule has 7 rings (SSSR count). The number of nitro groups is 1. The maximum Gasteiger partial charge on any atom is 0.305 e. The quantitative estimate of drug-likeness (QED) is 0.328. The van der Waals surface area contributed by atoms with Gasteiger partial charge >= 0.3 is 4.87 Å². The first kappa shape index (κ1) is 21.0. The number of pyridine rings is 1. The van der Waals surface area contributed by atoms with Gasteiger partial charge in [-0.1, -0.05) is 17.4 Å². The second-order valence-corrected chi connectivity index (χ2v) is 11.7. The van der Waals surface area contributed by atoms with Gasteiger partial charge in [0.05, 0.1) is 27.5 Å². The first-order valence-corrected chi connectivity index (χ1v) is 13.1. The van der Waals surface area contributed by atoms with Gasteiger partial charge in [-0.25, -0.2) is 0 Å². The first-order valence-electron chi connectivity index (χ1n) is 11.4. The number of nitrogens with one attached hydrogen (secondary N) is 1. The molecular weight excluding hydrogens is 488 g/mol. The fourth-order valence-electron chi connectivity index (χ4n) is 6.93. The van der Waals surface area contributed by atoms with Gasteiger partial charge in [-0.2, -0.15) is 0 Å². The molecular formula is C24H18N4O5S2. The van der Waals surface area contributed by atoms with E-state index in [4.69, 9.17) is 0 Å². The van der Waals surface area contributed by atoms with Gasteiger partial charge in [-0.05, 0) is 47.9 Å². The van der Waals surface area contributed by atoms with Crippen molar-refractivity contribution in [2.75, 3.05) is 4.90 Å². The number of thioether (sulfide) groups is 1. The summed E-state index contributed by atoms with van der Waals surface area (Å²) in [7, 11) is 0. The minimum Gasteiger partial charge on any atom is -0.307 e. The van der Waals surface area contributed by atoms with Gasteiger partial charge < -0.3 is 4.98 Å². The van der Waals surface area contributed by atoms with Crippen LogP contribution in [0.2, 0.25) is 0 Å². The highest BCUT2D eigenvalue weighted by Gasteiger charge is 2.69. The number of imide groups is 1. The Kier molecular flexibility index (Phi) is 4.41. The molecule has 2 aliphatic heterocycles. The van der Waals surface area contributed by atoms with Crippen molar-refractivity contribution in [3.8, 4) is 0 Å². The molecule has 4 aliphatic rings. The molecule has 2 aliphatic carbocycles. The van der Waals surface area contributed by atoms with E-state index in [9.17, 15) is 24.5 Å². The maximum atomic E-state index is 13.7. The molecule has 2 aromatic heterocycles. The van der Waals surface area contributed by atoms with Crippen LogP contribution in [0.1, 0.15) is 22.8 Å². The van der Waals surface area contributed by atoms with Crippen LogP contribution < -0.4 is 9.77 Å². The van der Waals surface area contributed by atoms with Crippen LogP contribution in [0.25, 0.3) is 0 Å². The molecule has 176 valence electrons. The van der Waals surface area contributed by atoms with Crippen LogP contribution in [-0.2, 0) is 9.59 Å². The fraction of sp³-hybridized carbons (Fsp3) is 0.333. The predicted octanol–water partition coefficient (Wildman–Crippen LogP) is 3.42. The van der Waals surface area contributed by atoms with Crippen molar-refractivity contribution in [1.82, 2.24) is 9.97 Å². The van der Waals surface area contributed by atoms with E-state index in [0.717, 1.165) is 21.9 Å². The smallest absolute Gasteiger partial charge is 0.305 e. The van der Waals surface area contributed by atoms with Gasteiger partial charge in [0, 0.05) is 40.6 Å². The van der Waals surface area contributed by atoms with Crippen LogP contribution in [0, 0.1) is 39.7 Å². The largest absolute Gasteiger partial charge is 0.307 e. The van der Waals surface area contributed by atoms with Crippen LogP contribution in [0.4, 0.5) is 11.4 Å². The van der Waals surface area contributed by atoms with E-state index in [1.165, 1.54) is 40.5 Å². The van der Waals surface area contributed by atoms with E-state index in [1.54, 1.807) is 18.0 Å². The summed E-state index contributed by atoms with van der Waals surface area (Å²) in [4.78, 5) is 59.5. The fourth-order valence-corrected chi connectivity index (χ4v) is 9.82.